The SMILES string of the molecule is CCn1cc(/C=C2\Oc3cc(OCc4ccc(F)cc4)cc(C)c3C2=O)c2cc(OC)ccc21. The molecule has 1 aromatic heterocycles. The van der Waals surface area contributed by atoms with Gasteiger partial charge in [0.1, 0.15) is 29.7 Å². The fourth-order valence-electron chi connectivity index (χ4n) is 4.26. The molecule has 1 aliphatic rings. The summed E-state index contributed by atoms with van der Waals surface area (Å²) >= 11 is 0. The molecule has 0 radical (unpaired) electrons. The summed E-state index contributed by atoms with van der Waals surface area (Å²) in [5.41, 5.74) is 4.11. The van der Waals surface area contributed by atoms with Crippen LogP contribution in [0.4, 0.5) is 4.39 Å². The van der Waals surface area contributed by atoms with Gasteiger partial charge in [-0.25, -0.2) is 4.39 Å². The first-order chi connectivity index (χ1) is 16.5. The number of aryl methyl sites for hydroxylation is 2. The number of nitrogens with zero attached hydrogens (tertiary/aromatic N) is 1. The summed E-state index contributed by atoms with van der Waals surface area (Å²) in [6.45, 7) is 5.02. The monoisotopic (exact) mass is 457 g/mol. The van der Waals surface area contributed by atoms with Gasteiger partial charge >= 0.3 is 0 Å². The molecule has 0 fully saturated rings. The van der Waals surface area contributed by atoms with Crippen LogP contribution in [0.1, 0.15) is 34.0 Å². The summed E-state index contributed by atoms with van der Waals surface area (Å²) in [7, 11) is 1.63. The maximum absolute atomic E-state index is 13.2. The average Bonchev–Trinajstić information content (AvgIpc) is 3.35. The molecule has 0 saturated heterocycles. The quantitative estimate of drug-likeness (QED) is 0.318. The second kappa shape index (κ2) is 8.71. The molecule has 0 N–H and O–H groups in total. The molecule has 0 saturated carbocycles. The minimum atomic E-state index is -0.288. The van der Waals surface area contributed by atoms with Crippen LogP contribution >= 0.6 is 0 Å². The molecule has 4 aromatic rings. The van der Waals surface area contributed by atoms with Crippen LogP contribution in [0.3, 0.4) is 0 Å². The van der Waals surface area contributed by atoms with Gasteiger partial charge in [0, 0.05) is 35.3 Å². The Morgan fingerprint density at radius 1 is 1.06 bits per heavy atom. The van der Waals surface area contributed by atoms with E-state index in [0.29, 0.717) is 17.1 Å². The lowest BCUT2D eigenvalue weighted by molar-refractivity contribution is 0.101. The van der Waals surface area contributed by atoms with Crippen LogP contribution in [0.15, 0.2) is 66.6 Å². The van der Waals surface area contributed by atoms with Crippen LogP contribution in [0.5, 0.6) is 17.2 Å². The highest BCUT2D eigenvalue weighted by Crippen LogP contribution is 2.38. The first-order valence-corrected chi connectivity index (χ1v) is 11.1. The number of benzene rings is 3. The lowest BCUT2D eigenvalue weighted by Crippen LogP contribution is -2.00. The zero-order valence-corrected chi connectivity index (χ0v) is 19.2. The number of fused-ring (bicyclic) bond motifs is 2. The van der Waals surface area contributed by atoms with Crippen molar-refractivity contribution in [3.05, 3.63) is 94.6 Å². The van der Waals surface area contributed by atoms with Crippen molar-refractivity contribution >= 4 is 22.8 Å². The molecule has 3 aromatic carbocycles. The number of allylic oxidation sites excluding steroid dienone is 1. The zero-order chi connectivity index (χ0) is 23.8. The molecular formula is C28H24FNO4. The van der Waals surface area contributed by atoms with Crippen LogP contribution < -0.4 is 14.2 Å². The van der Waals surface area contributed by atoms with Crippen LogP contribution in [0.2, 0.25) is 0 Å². The third-order valence-electron chi connectivity index (χ3n) is 6.01. The van der Waals surface area contributed by atoms with E-state index in [9.17, 15) is 9.18 Å². The molecule has 0 amide bonds. The highest BCUT2D eigenvalue weighted by Gasteiger charge is 2.30. The van der Waals surface area contributed by atoms with Crippen LogP contribution in [-0.4, -0.2) is 17.5 Å². The number of halogens is 1. The molecule has 0 atom stereocenters. The molecule has 0 aliphatic carbocycles. The number of methoxy groups -OCH3 is 1. The minimum absolute atomic E-state index is 0.155. The molecule has 172 valence electrons. The predicted molar refractivity (Wildman–Crippen MR) is 129 cm³/mol. The number of Topliss-reactive ketones (excluding diaryl/α,β-unsaturated/α-hetero) is 1. The number of aromatic nitrogens is 1. The lowest BCUT2D eigenvalue weighted by atomic mass is 10.0. The van der Waals surface area contributed by atoms with E-state index in [4.69, 9.17) is 14.2 Å². The number of hydrogen-bond acceptors (Lipinski definition) is 4. The van der Waals surface area contributed by atoms with Crippen molar-refractivity contribution in [3.8, 4) is 17.2 Å². The van der Waals surface area contributed by atoms with Crippen LogP contribution in [0.25, 0.3) is 17.0 Å². The topological polar surface area (TPSA) is 49.7 Å². The number of carbonyl (C=O) groups excluding carboxylic acids is 1. The van der Waals surface area contributed by atoms with Crippen molar-refractivity contribution in [2.75, 3.05) is 7.11 Å². The summed E-state index contributed by atoms with van der Waals surface area (Å²) in [5.74, 6) is 1.64. The summed E-state index contributed by atoms with van der Waals surface area (Å²) in [4.78, 5) is 13.2. The van der Waals surface area contributed by atoms with E-state index in [1.165, 1.54) is 12.1 Å². The van der Waals surface area contributed by atoms with Gasteiger partial charge in [0.15, 0.2) is 5.76 Å². The Bertz CT molecular complexity index is 1430. The van der Waals surface area contributed by atoms with Gasteiger partial charge in [0.25, 0.3) is 0 Å². The van der Waals surface area contributed by atoms with Crippen molar-refractivity contribution in [1.82, 2.24) is 4.57 Å². The number of carbonyl (C=O) groups is 1. The van der Waals surface area contributed by atoms with Gasteiger partial charge in [0.05, 0.1) is 12.7 Å². The van der Waals surface area contributed by atoms with Gasteiger partial charge in [0.2, 0.25) is 5.78 Å². The molecule has 34 heavy (non-hydrogen) atoms. The van der Waals surface area contributed by atoms with Crippen LogP contribution in [0, 0.1) is 12.7 Å². The maximum atomic E-state index is 13.2. The average molecular weight is 458 g/mol. The Morgan fingerprint density at radius 3 is 2.59 bits per heavy atom. The normalized spacial score (nSPS) is 13.9. The maximum Gasteiger partial charge on any atom is 0.232 e. The summed E-state index contributed by atoms with van der Waals surface area (Å²) in [5, 5.41) is 0.987. The van der Waals surface area contributed by atoms with E-state index in [1.54, 1.807) is 31.4 Å². The van der Waals surface area contributed by atoms with Gasteiger partial charge in [-0.2, -0.15) is 0 Å². The van der Waals surface area contributed by atoms with Gasteiger partial charge < -0.3 is 18.8 Å². The molecule has 2 heterocycles. The fraction of sp³-hybridized carbons (Fsp3) is 0.179. The molecule has 5 rings (SSSR count). The van der Waals surface area contributed by atoms with Gasteiger partial charge in [-0.15, -0.1) is 0 Å². The smallest absolute Gasteiger partial charge is 0.232 e. The minimum Gasteiger partial charge on any atom is -0.497 e. The molecule has 0 unspecified atom stereocenters. The van der Waals surface area contributed by atoms with Crippen molar-refractivity contribution in [3.63, 3.8) is 0 Å². The Labute approximate surface area is 197 Å². The van der Waals surface area contributed by atoms with Gasteiger partial charge in [-0.1, -0.05) is 12.1 Å². The van der Waals surface area contributed by atoms with E-state index in [-0.39, 0.29) is 24.0 Å². The van der Waals surface area contributed by atoms with E-state index >= 15 is 0 Å². The summed E-state index contributed by atoms with van der Waals surface area (Å²) in [6, 6.07) is 15.6. The highest BCUT2D eigenvalue weighted by molar-refractivity contribution is 6.16. The van der Waals surface area contributed by atoms with Crippen LogP contribution in [-0.2, 0) is 13.2 Å². The molecular weight excluding hydrogens is 433 g/mol. The number of rotatable bonds is 6. The third kappa shape index (κ3) is 3.92. The van der Waals surface area contributed by atoms with Gasteiger partial charge in [-0.05, 0) is 67.4 Å². The molecule has 0 bridgehead atoms. The van der Waals surface area contributed by atoms with E-state index in [2.05, 4.69) is 11.5 Å². The number of ether oxygens (including phenoxy) is 3. The zero-order valence-electron chi connectivity index (χ0n) is 19.2. The summed E-state index contributed by atoms with van der Waals surface area (Å²) < 4.78 is 32.5. The Balaban J connectivity index is 1.45. The third-order valence-corrected chi connectivity index (χ3v) is 6.01. The van der Waals surface area contributed by atoms with Crippen molar-refractivity contribution in [2.24, 2.45) is 0 Å². The molecule has 0 spiro atoms. The second-order valence-electron chi connectivity index (χ2n) is 8.22. The lowest BCUT2D eigenvalue weighted by Gasteiger charge is -2.09. The van der Waals surface area contributed by atoms with E-state index < -0.39 is 0 Å². The standard InChI is InChI=1S/C28H24FNO4/c1-4-30-15-19(23-13-21(32-3)9-10-24(23)30)12-26-28(31)27-17(2)11-22(14-25(27)34-26)33-16-18-5-7-20(29)8-6-18/h5-15H,4,16H2,1-3H3/b26-12-. The molecule has 1 aliphatic heterocycles. The Hall–Kier alpha value is -4.06. The van der Waals surface area contributed by atoms with E-state index in [1.807, 2.05) is 37.4 Å². The second-order valence-corrected chi connectivity index (χ2v) is 8.22. The highest BCUT2D eigenvalue weighted by atomic mass is 19.1. The predicted octanol–water partition coefficient (Wildman–Crippen LogP) is 6.31. The van der Waals surface area contributed by atoms with Crippen molar-refractivity contribution in [2.45, 2.75) is 27.0 Å². The largest absolute Gasteiger partial charge is 0.497 e. The van der Waals surface area contributed by atoms with Crippen molar-refractivity contribution in [1.29, 1.82) is 0 Å². The Morgan fingerprint density at radius 2 is 1.85 bits per heavy atom. The first-order valence-electron chi connectivity index (χ1n) is 11.1. The fourth-order valence-corrected chi connectivity index (χ4v) is 4.26. The molecule has 6 heteroatoms. The number of ketones is 1. The molecule has 5 nitrogen and oxygen atoms in total. The Kier molecular flexibility index (Phi) is 5.57. The summed E-state index contributed by atoms with van der Waals surface area (Å²) in [6.07, 6.45) is 3.80. The van der Waals surface area contributed by atoms with Gasteiger partial charge in [-0.3, -0.25) is 4.79 Å². The number of hydrogen-bond donors (Lipinski definition) is 0. The van der Waals surface area contributed by atoms with Crippen molar-refractivity contribution < 1.29 is 23.4 Å². The van der Waals surface area contributed by atoms with E-state index in [0.717, 1.165) is 39.9 Å². The first kappa shape index (κ1) is 21.8.